The molecular weight excluding hydrogens is 570 g/mol. The van der Waals surface area contributed by atoms with Gasteiger partial charge in [-0.05, 0) is 48.1 Å². The molecule has 3 aromatic carbocycles. The molecule has 1 unspecified atom stereocenters. The lowest BCUT2D eigenvalue weighted by molar-refractivity contribution is -0.133. The number of morpholine rings is 1. The number of phenols is 1. The van der Waals surface area contributed by atoms with E-state index in [1.807, 2.05) is 38.1 Å². The summed E-state index contributed by atoms with van der Waals surface area (Å²) < 4.78 is 11.1. The molecule has 4 saturated heterocycles. The summed E-state index contributed by atoms with van der Waals surface area (Å²) in [6.45, 7) is 8.15. The maximum absolute atomic E-state index is 14.6. The molecule has 10 heteroatoms. The molecule has 0 saturated carbocycles. The van der Waals surface area contributed by atoms with Gasteiger partial charge in [-0.25, -0.2) is 4.79 Å². The van der Waals surface area contributed by atoms with E-state index in [1.54, 1.807) is 6.07 Å². The van der Waals surface area contributed by atoms with Crippen molar-refractivity contribution in [2.75, 3.05) is 78.1 Å². The zero-order valence-electron chi connectivity index (χ0n) is 26.4. The van der Waals surface area contributed by atoms with Crippen molar-refractivity contribution < 1.29 is 24.2 Å². The number of ether oxygens (including phenoxy) is 2. The highest BCUT2D eigenvalue weighted by Crippen LogP contribution is 2.56. The quantitative estimate of drug-likeness (QED) is 0.364. The number of rotatable bonds is 9. The van der Waals surface area contributed by atoms with E-state index in [4.69, 9.17) is 9.47 Å². The molecule has 3 atom stereocenters. The SMILES string of the molecule is CCOc1cc(CN2C[C@H]3C[C@H](c4ccc(N(C)C)c5ccccc45)N4C(=O)N(CCN5CCOCC5)C(=O)C34C2)ccc1O. The highest BCUT2D eigenvalue weighted by molar-refractivity contribution is 6.09. The van der Waals surface area contributed by atoms with Crippen LogP contribution in [0.2, 0.25) is 0 Å². The van der Waals surface area contributed by atoms with Crippen LogP contribution in [0.5, 0.6) is 11.5 Å². The van der Waals surface area contributed by atoms with Gasteiger partial charge in [-0.2, -0.15) is 0 Å². The minimum atomic E-state index is -0.909. The molecule has 4 aliphatic rings. The van der Waals surface area contributed by atoms with E-state index in [2.05, 4.69) is 51.1 Å². The van der Waals surface area contributed by atoms with Gasteiger partial charge in [0.25, 0.3) is 5.91 Å². The molecular formula is C35H43N5O5. The Hall–Kier alpha value is -3.86. The summed E-state index contributed by atoms with van der Waals surface area (Å²) in [6.07, 6.45) is 0.733. The number of urea groups is 1. The molecule has 238 valence electrons. The third-order valence-electron chi connectivity index (χ3n) is 10.2. The van der Waals surface area contributed by atoms with E-state index in [-0.39, 0.29) is 29.6 Å². The van der Waals surface area contributed by atoms with Crippen molar-refractivity contribution >= 4 is 28.4 Å². The fourth-order valence-corrected chi connectivity index (χ4v) is 8.12. The van der Waals surface area contributed by atoms with E-state index < -0.39 is 5.54 Å². The van der Waals surface area contributed by atoms with Gasteiger partial charge in [0.15, 0.2) is 11.5 Å². The Bertz CT molecular complexity index is 1610. The Balaban J connectivity index is 1.23. The van der Waals surface area contributed by atoms with E-state index in [0.29, 0.717) is 58.3 Å². The minimum absolute atomic E-state index is 0.00287. The number of nitrogens with zero attached hydrogens (tertiary/aromatic N) is 5. The lowest BCUT2D eigenvalue weighted by Crippen LogP contribution is -2.51. The van der Waals surface area contributed by atoms with E-state index in [1.165, 1.54) is 4.90 Å². The summed E-state index contributed by atoms with van der Waals surface area (Å²) in [6, 6.07) is 17.8. The second-order valence-corrected chi connectivity index (χ2v) is 13.0. The zero-order valence-corrected chi connectivity index (χ0v) is 26.4. The Morgan fingerprint density at radius 2 is 1.78 bits per heavy atom. The number of likely N-dealkylation sites (tertiary alicyclic amines) is 1. The summed E-state index contributed by atoms with van der Waals surface area (Å²) in [5.74, 6) is 0.518. The largest absolute Gasteiger partial charge is 0.504 e. The molecule has 0 aromatic heterocycles. The molecule has 4 heterocycles. The van der Waals surface area contributed by atoms with Crippen LogP contribution in [0, 0.1) is 5.92 Å². The van der Waals surface area contributed by atoms with Crippen LogP contribution in [-0.2, 0) is 16.1 Å². The van der Waals surface area contributed by atoms with Crippen LogP contribution in [0.25, 0.3) is 10.8 Å². The van der Waals surface area contributed by atoms with Gasteiger partial charge in [-0.3, -0.25) is 19.5 Å². The maximum atomic E-state index is 14.6. The predicted octanol–water partition coefficient (Wildman–Crippen LogP) is 3.92. The van der Waals surface area contributed by atoms with Gasteiger partial charge in [-0.15, -0.1) is 0 Å². The molecule has 1 spiro atoms. The molecule has 0 radical (unpaired) electrons. The number of fused-ring (bicyclic) bond motifs is 1. The van der Waals surface area contributed by atoms with Crippen LogP contribution in [0.15, 0.2) is 54.6 Å². The Labute approximate surface area is 264 Å². The van der Waals surface area contributed by atoms with Crippen molar-refractivity contribution in [3.05, 3.63) is 65.7 Å². The number of hydrogen-bond acceptors (Lipinski definition) is 8. The highest BCUT2D eigenvalue weighted by Gasteiger charge is 2.70. The summed E-state index contributed by atoms with van der Waals surface area (Å²) in [5.41, 5.74) is 2.33. The van der Waals surface area contributed by atoms with Crippen molar-refractivity contribution in [2.45, 2.75) is 31.5 Å². The first kappa shape index (κ1) is 29.8. The molecule has 4 fully saturated rings. The van der Waals surface area contributed by atoms with Crippen molar-refractivity contribution in [1.29, 1.82) is 0 Å². The second kappa shape index (κ2) is 11.8. The lowest BCUT2D eigenvalue weighted by atomic mass is 9.87. The summed E-state index contributed by atoms with van der Waals surface area (Å²) in [7, 11) is 4.09. The van der Waals surface area contributed by atoms with Gasteiger partial charge in [-0.1, -0.05) is 36.4 Å². The number of phenolic OH excluding ortho intramolecular Hbond substituents is 1. The van der Waals surface area contributed by atoms with Crippen molar-refractivity contribution in [3.63, 3.8) is 0 Å². The topological polar surface area (TPSA) is 89.0 Å². The number of imide groups is 1. The molecule has 45 heavy (non-hydrogen) atoms. The first-order chi connectivity index (χ1) is 21.8. The van der Waals surface area contributed by atoms with Gasteiger partial charge in [0.2, 0.25) is 0 Å². The zero-order chi connectivity index (χ0) is 31.3. The van der Waals surface area contributed by atoms with Crippen LogP contribution in [0.3, 0.4) is 0 Å². The van der Waals surface area contributed by atoms with Gasteiger partial charge < -0.3 is 24.4 Å². The van der Waals surface area contributed by atoms with Gasteiger partial charge in [0.1, 0.15) is 5.54 Å². The summed E-state index contributed by atoms with van der Waals surface area (Å²) in [5, 5.41) is 12.5. The fourth-order valence-electron chi connectivity index (χ4n) is 8.12. The molecule has 0 bridgehead atoms. The third-order valence-corrected chi connectivity index (χ3v) is 10.2. The van der Waals surface area contributed by atoms with Crippen molar-refractivity contribution in [2.24, 2.45) is 5.92 Å². The molecule has 0 aliphatic carbocycles. The molecule has 10 nitrogen and oxygen atoms in total. The summed E-state index contributed by atoms with van der Waals surface area (Å²) in [4.78, 5) is 39.2. The van der Waals surface area contributed by atoms with Crippen LogP contribution >= 0.6 is 0 Å². The average molecular weight is 614 g/mol. The number of benzene rings is 3. The average Bonchev–Trinajstić information content (AvgIpc) is 3.61. The van der Waals surface area contributed by atoms with Gasteiger partial charge in [0.05, 0.1) is 25.9 Å². The normalized spacial score (nSPS) is 25.3. The number of carbonyl (C=O) groups is 2. The Kier molecular flexibility index (Phi) is 7.83. The van der Waals surface area contributed by atoms with Crippen LogP contribution < -0.4 is 9.64 Å². The standard InChI is InChI=1S/C35H43N5O5/c1-4-45-32-19-24(9-12-31(32)41)21-38-22-25-20-30(28-10-11-29(36(2)3)27-8-6-5-7-26(27)28)40-34(43)39(33(42)35(25,40)23-38)14-13-37-15-17-44-18-16-37/h5-12,19,25,30,41H,4,13-18,20-23H2,1-3H3/t25-,30-,35?/m1/s1. The molecule has 1 N–H and O–H groups in total. The number of aromatic hydroxyl groups is 1. The predicted molar refractivity (Wildman–Crippen MR) is 173 cm³/mol. The van der Waals surface area contributed by atoms with Crippen LogP contribution in [0.4, 0.5) is 10.5 Å². The van der Waals surface area contributed by atoms with E-state index >= 15 is 0 Å². The first-order valence-electron chi connectivity index (χ1n) is 16.1. The fraction of sp³-hybridized carbons (Fsp3) is 0.486. The molecule has 3 aromatic rings. The van der Waals surface area contributed by atoms with E-state index in [9.17, 15) is 14.7 Å². The Morgan fingerprint density at radius 3 is 2.53 bits per heavy atom. The number of anilines is 1. The molecule has 3 amide bonds. The van der Waals surface area contributed by atoms with Crippen LogP contribution in [-0.4, -0.2) is 115 Å². The van der Waals surface area contributed by atoms with Gasteiger partial charge >= 0.3 is 6.03 Å². The Morgan fingerprint density at radius 1 is 1.00 bits per heavy atom. The summed E-state index contributed by atoms with van der Waals surface area (Å²) >= 11 is 0. The maximum Gasteiger partial charge on any atom is 0.328 e. The van der Waals surface area contributed by atoms with E-state index in [0.717, 1.165) is 47.1 Å². The minimum Gasteiger partial charge on any atom is -0.504 e. The number of carbonyl (C=O) groups excluding carboxylic acids is 2. The van der Waals surface area contributed by atoms with Crippen LogP contribution in [0.1, 0.15) is 30.5 Å². The third kappa shape index (κ3) is 4.99. The monoisotopic (exact) mass is 613 g/mol. The highest BCUT2D eigenvalue weighted by atomic mass is 16.5. The van der Waals surface area contributed by atoms with Crippen molar-refractivity contribution in [3.8, 4) is 11.5 Å². The number of hydrogen-bond donors (Lipinski definition) is 1. The first-order valence-corrected chi connectivity index (χ1v) is 16.1. The second-order valence-electron chi connectivity index (χ2n) is 13.0. The smallest absolute Gasteiger partial charge is 0.328 e. The molecule has 7 rings (SSSR count). The van der Waals surface area contributed by atoms with Gasteiger partial charge in [0, 0.05) is 76.9 Å². The number of amides is 3. The van der Waals surface area contributed by atoms with Crippen molar-refractivity contribution in [1.82, 2.24) is 19.6 Å². The molecule has 4 aliphatic heterocycles. The lowest BCUT2D eigenvalue weighted by Gasteiger charge is -2.32.